The fourth-order valence-electron chi connectivity index (χ4n) is 3.02. The van der Waals surface area contributed by atoms with E-state index in [0.717, 1.165) is 18.7 Å². The highest BCUT2D eigenvalue weighted by molar-refractivity contribution is 5.88. The zero-order valence-electron chi connectivity index (χ0n) is 14.0. The molecular formula is C16H29N3O3. The van der Waals surface area contributed by atoms with Gasteiger partial charge in [-0.15, -0.1) is 0 Å². The van der Waals surface area contributed by atoms with Crippen molar-refractivity contribution < 1.29 is 14.6 Å². The van der Waals surface area contributed by atoms with E-state index in [1.165, 1.54) is 12.8 Å². The lowest BCUT2D eigenvalue weighted by Crippen LogP contribution is -2.51. The number of amidine groups is 1. The lowest BCUT2D eigenvalue weighted by Gasteiger charge is -2.35. The number of hydrogen-bond acceptors (Lipinski definition) is 5. The van der Waals surface area contributed by atoms with E-state index in [4.69, 9.17) is 4.74 Å². The van der Waals surface area contributed by atoms with E-state index in [2.05, 4.69) is 10.3 Å². The molecule has 1 fully saturated rings. The second kappa shape index (κ2) is 7.31. The predicted molar refractivity (Wildman–Crippen MR) is 86.1 cm³/mol. The van der Waals surface area contributed by atoms with Crippen molar-refractivity contribution in [3.63, 3.8) is 0 Å². The molecule has 0 saturated heterocycles. The Morgan fingerprint density at radius 3 is 2.82 bits per heavy atom. The summed E-state index contributed by atoms with van der Waals surface area (Å²) >= 11 is 0. The van der Waals surface area contributed by atoms with Gasteiger partial charge in [0.15, 0.2) is 0 Å². The van der Waals surface area contributed by atoms with Gasteiger partial charge in [0, 0.05) is 25.1 Å². The molecule has 0 bridgehead atoms. The third-order valence-electron chi connectivity index (χ3n) is 4.16. The Morgan fingerprint density at radius 2 is 2.14 bits per heavy atom. The number of nitrogens with one attached hydrogen (secondary N) is 1. The predicted octanol–water partition coefficient (Wildman–Crippen LogP) is 1.78. The van der Waals surface area contributed by atoms with Gasteiger partial charge in [0.2, 0.25) is 0 Å². The van der Waals surface area contributed by atoms with Crippen LogP contribution in [0.3, 0.4) is 0 Å². The van der Waals surface area contributed by atoms with Gasteiger partial charge in [0.05, 0.1) is 13.1 Å². The number of ether oxygens (including phenoxy) is 1. The van der Waals surface area contributed by atoms with Crippen molar-refractivity contribution in [2.24, 2.45) is 10.9 Å². The number of nitrogens with zero attached hydrogens (tertiary/aromatic N) is 2. The van der Waals surface area contributed by atoms with Crippen molar-refractivity contribution >= 4 is 11.9 Å². The monoisotopic (exact) mass is 311 g/mol. The van der Waals surface area contributed by atoms with Crippen LogP contribution in [0.15, 0.2) is 4.99 Å². The van der Waals surface area contributed by atoms with Crippen LogP contribution < -0.4 is 5.32 Å². The largest absolute Gasteiger partial charge is 0.444 e. The van der Waals surface area contributed by atoms with Crippen LogP contribution in [-0.4, -0.2) is 59.8 Å². The summed E-state index contributed by atoms with van der Waals surface area (Å²) in [6.07, 6.45) is 4.18. The average Bonchev–Trinajstić information content (AvgIpc) is 2.46. The number of rotatable bonds is 2. The summed E-state index contributed by atoms with van der Waals surface area (Å²) in [5.74, 6) is 1.12. The third kappa shape index (κ3) is 4.87. The van der Waals surface area contributed by atoms with Crippen LogP contribution in [0.2, 0.25) is 0 Å². The van der Waals surface area contributed by atoms with Gasteiger partial charge < -0.3 is 15.2 Å². The molecule has 22 heavy (non-hydrogen) atoms. The van der Waals surface area contributed by atoms with Gasteiger partial charge in [-0.2, -0.15) is 0 Å². The molecule has 0 aromatic rings. The van der Waals surface area contributed by atoms with Gasteiger partial charge in [0.25, 0.3) is 0 Å². The van der Waals surface area contributed by atoms with Crippen LogP contribution >= 0.6 is 0 Å². The average molecular weight is 311 g/mol. The lowest BCUT2D eigenvalue weighted by atomic mass is 9.85. The lowest BCUT2D eigenvalue weighted by molar-refractivity contribution is 0.0275. The van der Waals surface area contributed by atoms with E-state index in [0.29, 0.717) is 19.6 Å². The van der Waals surface area contributed by atoms with Crippen LogP contribution in [0.5, 0.6) is 0 Å². The van der Waals surface area contributed by atoms with E-state index < -0.39 is 5.60 Å². The van der Waals surface area contributed by atoms with E-state index in [1.54, 1.807) is 4.90 Å². The van der Waals surface area contributed by atoms with E-state index in [1.807, 2.05) is 20.8 Å². The second-order valence-corrected chi connectivity index (χ2v) is 7.21. The third-order valence-corrected chi connectivity index (χ3v) is 4.16. The van der Waals surface area contributed by atoms with Crippen molar-refractivity contribution in [3.8, 4) is 0 Å². The standard InChI is InChI=1S/C16H29N3O3/c1-16(2,3)22-15(21)19-9-8-17-14(10-19)18-13-7-5-4-6-12(13)11-20/h12-13,20H,4-11H2,1-3H3,(H,17,18). The minimum Gasteiger partial charge on any atom is -0.444 e. The topological polar surface area (TPSA) is 74.2 Å². The van der Waals surface area contributed by atoms with Gasteiger partial charge in [-0.05, 0) is 33.6 Å². The summed E-state index contributed by atoms with van der Waals surface area (Å²) in [4.78, 5) is 18.3. The molecule has 0 spiro atoms. The fraction of sp³-hybridized carbons (Fsp3) is 0.875. The summed E-state index contributed by atoms with van der Waals surface area (Å²) in [6, 6.07) is 0.260. The Morgan fingerprint density at radius 1 is 1.41 bits per heavy atom. The second-order valence-electron chi connectivity index (χ2n) is 7.21. The molecule has 0 aromatic heterocycles. The van der Waals surface area contributed by atoms with Crippen molar-refractivity contribution in [2.75, 3.05) is 26.2 Å². The van der Waals surface area contributed by atoms with Crippen molar-refractivity contribution in [3.05, 3.63) is 0 Å². The SMILES string of the molecule is CC(C)(C)OC(=O)N1CCN=C(NC2CCCCC2CO)C1. The summed E-state index contributed by atoms with van der Waals surface area (Å²) in [6.45, 7) is 7.47. The Labute approximate surface area is 132 Å². The van der Waals surface area contributed by atoms with Gasteiger partial charge >= 0.3 is 6.09 Å². The molecule has 1 amide bonds. The quantitative estimate of drug-likeness (QED) is 0.815. The molecule has 2 rings (SSSR count). The number of carbonyl (C=O) groups is 1. The Balaban J connectivity index is 1.90. The summed E-state index contributed by atoms with van der Waals surface area (Å²) in [7, 11) is 0. The molecule has 1 aliphatic carbocycles. The van der Waals surface area contributed by atoms with E-state index in [-0.39, 0.29) is 24.7 Å². The number of carbonyl (C=O) groups excluding carboxylic acids is 1. The van der Waals surface area contributed by atoms with Crippen molar-refractivity contribution in [1.29, 1.82) is 0 Å². The maximum atomic E-state index is 12.2. The van der Waals surface area contributed by atoms with Gasteiger partial charge in [-0.3, -0.25) is 9.89 Å². The van der Waals surface area contributed by atoms with Gasteiger partial charge in [-0.1, -0.05) is 12.8 Å². The first-order valence-electron chi connectivity index (χ1n) is 8.27. The van der Waals surface area contributed by atoms with Crippen LogP contribution in [-0.2, 0) is 4.74 Å². The molecule has 1 aliphatic heterocycles. The fourth-order valence-corrected chi connectivity index (χ4v) is 3.02. The highest BCUT2D eigenvalue weighted by Gasteiger charge is 2.29. The van der Waals surface area contributed by atoms with E-state index in [9.17, 15) is 9.90 Å². The van der Waals surface area contributed by atoms with E-state index >= 15 is 0 Å². The van der Waals surface area contributed by atoms with Crippen LogP contribution in [0.4, 0.5) is 4.79 Å². The molecule has 6 heteroatoms. The summed E-state index contributed by atoms with van der Waals surface area (Å²) in [5, 5.41) is 12.9. The molecule has 0 aromatic carbocycles. The number of aliphatic imine (C=N–C) groups is 1. The molecule has 1 saturated carbocycles. The Kier molecular flexibility index (Phi) is 5.67. The zero-order valence-corrected chi connectivity index (χ0v) is 14.0. The molecule has 6 nitrogen and oxygen atoms in total. The van der Waals surface area contributed by atoms with Crippen LogP contribution in [0, 0.1) is 5.92 Å². The van der Waals surface area contributed by atoms with Crippen LogP contribution in [0.25, 0.3) is 0 Å². The smallest absolute Gasteiger partial charge is 0.410 e. The Hall–Kier alpha value is -1.30. The number of hydrogen-bond donors (Lipinski definition) is 2. The number of aliphatic hydroxyl groups is 1. The first-order valence-corrected chi connectivity index (χ1v) is 8.27. The minimum atomic E-state index is -0.482. The Bertz CT molecular complexity index is 417. The van der Waals surface area contributed by atoms with Crippen molar-refractivity contribution in [1.82, 2.24) is 10.2 Å². The number of amides is 1. The molecule has 2 aliphatic rings. The molecule has 2 atom stereocenters. The van der Waals surface area contributed by atoms with Crippen LogP contribution in [0.1, 0.15) is 46.5 Å². The zero-order chi connectivity index (χ0) is 16.2. The molecule has 2 N–H and O–H groups in total. The molecule has 2 unspecified atom stereocenters. The molecule has 1 heterocycles. The highest BCUT2D eigenvalue weighted by atomic mass is 16.6. The summed E-state index contributed by atoms with van der Waals surface area (Å²) < 4.78 is 5.42. The molecule has 0 radical (unpaired) electrons. The van der Waals surface area contributed by atoms with Gasteiger partial charge in [0.1, 0.15) is 11.4 Å². The maximum Gasteiger partial charge on any atom is 0.410 e. The summed E-state index contributed by atoms with van der Waals surface area (Å²) in [5.41, 5.74) is -0.482. The first kappa shape index (κ1) is 17.1. The number of aliphatic hydroxyl groups excluding tert-OH is 1. The molecular weight excluding hydrogens is 282 g/mol. The molecule has 126 valence electrons. The highest BCUT2D eigenvalue weighted by Crippen LogP contribution is 2.24. The first-order chi connectivity index (χ1) is 10.4. The van der Waals surface area contributed by atoms with Crippen molar-refractivity contribution in [2.45, 2.75) is 58.1 Å². The minimum absolute atomic E-state index is 0.209. The maximum absolute atomic E-state index is 12.2. The van der Waals surface area contributed by atoms with Gasteiger partial charge in [-0.25, -0.2) is 4.79 Å². The normalized spacial score (nSPS) is 26.4.